The molecule has 0 aliphatic heterocycles. The second-order valence-corrected chi connectivity index (χ2v) is 3.98. The predicted octanol–water partition coefficient (Wildman–Crippen LogP) is 3.65. The molecule has 0 radical (unpaired) electrons. The van der Waals surface area contributed by atoms with Gasteiger partial charge < -0.3 is 4.74 Å². The van der Waals surface area contributed by atoms with Crippen molar-refractivity contribution in [3.05, 3.63) is 47.8 Å². The second-order valence-electron chi connectivity index (χ2n) is 3.98. The maximum absolute atomic E-state index is 12.7. The number of methoxy groups -OCH3 is 1. The van der Waals surface area contributed by atoms with E-state index in [0.29, 0.717) is 11.3 Å². The van der Waals surface area contributed by atoms with Crippen LogP contribution in [0.1, 0.15) is 11.1 Å². The average Bonchev–Trinajstić information content (AvgIpc) is 2.45. The van der Waals surface area contributed by atoms with E-state index in [0.717, 1.165) is 18.2 Å². The van der Waals surface area contributed by atoms with Crippen molar-refractivity contribution in [3.63, 3.8) is 0 Å². The summed E-state index contributed by atoms with van der Waals surface area (Å²) in [5.41, 5.74) is -0.0944. The van der Waals surface area contributed by atoms with Crippen LogP contribution in [0.25, 0.3) is 11.1 Å². The molecule has 20 heavy (non-hydrogen) atoms. The second kappa shape index (κ2) is 5.21. The number of aromatic nitrogens is 1. The van der Waals surface area contributed by atoms with E-state index < -0.39 is 11.7 Å². The molecule has 2 aromatic rings. The molecule has 0 unspecified atom stereocenters. The summed E-state index contributed by atoms with van der Waals surface area (Å²) < 4.78 is 43.2. The molecule has 0 N–H and O–H groups in total. The van der Waals surface area contributed by atoms with Crippen LogP contribution in [0.2, 0.25) is 0 Å². The van der Waals surface area contributed by atoms with E-state index in [2.05, 4.69) is 4.98 Å². The first-order valence-corrected chi connectivity index (χ1v) is 5.56. The molecule has 2 rings (SSSR count). The highest BCUT2D eigenvalue weighted by Crippen LogP contribution is 2.34. The Bertz CT molecular complexity index is 675. The van der Waals surface area contributed by atoms with Crippen molar-refractivity contribution < 1.29 is 17.9 Å². The third kappa shape index (κ3) is 2.72. The summed E-state index contributed by atoms with van der Waals surface area (Å²) in [5.74, 6) is 0.406. The molecule has 1 heterocycles. The van der Waals surface area contributed by atoms with Crippen molar-refractivity contribution in [1.29, 1.82) is 5.26 Å². The summed E-state index contributed by atoms with van der Waals surface area (Å²) in [6.45, 7) is 0. The van der Waals surface area contributed by atoms with Crippen LogP contribution in [0, 0.1) is 11.3 Å². The van der Waals surface area contributed by atoms with Gasteiger partial charge in [0.05, 0.1) is 30.5 Å². The third-order valence-corrected chi connectivity index (χ3v) is 2.73. The Morgan fingerprint density at radius 1 is 1.20 bits per heavy atom. The minimum Gasteiger partial charge on any atom is -0.495 e. The third-order valence-electron chi connectivity index (χ3n) is 2.73. The molecule has 1 aromatic carbocycles. The van der Waals surface area contributed by atoms with E-state index in [1.165, 1.54) is 25.6 Å². The Morgan fingerprint density at radius 2 is 1.95 bits per heavy atom. The van der Waals surface area contributed by atoms with Crippen LogP contribution in [-0.4, -0.2) is 12.1 Å². The number of hydrogen-bond acceptors (Lipinski definition) is 3. The van der Waals surface area contributed by atoms with Crippen molar-refractivity contribution in [2.75, 3.05) is 7.11 Å². The SMILES string of the molecule is COc1cncc(-c2cc(C(F)(F)F)ccc2C#N)c1. The Balaban J connectivity index is 2.62. The maximum atomic E-state index is 12.7. The van der Waals surface area contributed by atoms with Crippen molar-refractivity contribution >= 4 is 0 Å². The Morgan fingerprint density at radius 3 is 2.55 bits per heavy atom. The quantitative estimate of drug-likeness (QED) is 0.842. The minimum absolute atomic E-state index is 0.146. The normalized spacial score (nSPS) is 10.9. The lowest BCUT2D eigenvalue weighted by Crippen LogP contribution is -2.05. The fourth-order valence-corrected chi connectivity index (χ4v) is 1.73. The molecule has 0 amide bonds. The molecule has 1 aromatic heterocycles. The maximum Gasteiger partial charge on any atom is 0.416 e. The minimum atomic E-state index is -4.46. The summed E-state index contributed by atoms with van der Waals surface area (Å²) in [4.78, 5) is 3.88. The molecule has 0 saturated heterocycles. The van der Waals surface area contributed by atoms with Crippen LogP contribution < -0.4 is 4.74 Å². The molecule has 0 spiro atoms. The smallest absolute Gasteiger partial charge is 0.416 e. The van der Waals surface area contributed by atoms with Crippen molar-refractivity contribution in [2.24, 2.45) is 0 Å². The molecule has 0 fully saturated rings. The van der Waals surface area contributed by atoms with E-state index in [1.807, 2.05) is 6.07 Å². The zero-order valence-electron chi connectivity index (χ0n) is 10.4. The van der Waals surface area contributed by atoms with Gasteiger partial charge in [-0.25, -0.2) is 0 Å². The molecular formula is C14H9F3N2O. The number of nitriles is 1. The van der Waals surface area contributed by atoms with E-state index in [9.17, 15) is 13.2 Å². The molecule has 6 heteroatoms. The Labute approximate surface area is 113 Å². The van der Waals surface area contributed by atoms with Gasteiger partial charge in [-0.05, 0) is 24.3 Å². The number of alkyl halides is 3. The van der Waals surface area contributed by atoms with Gasteiger partial charge in [-0.15, -0.1) is 0 Å². The van der Waals surface area contributed by atoms with Gasteiger partial charge in [-0.2, -0.15) is 18.4 Å². The molecule has 3 nitrogen and oxygen atoms in total. The fraction of sp³-hybridized carbons (Fsp3) is 0.143. The van der Waals surface area contributed by atoms with E-state index >= 15 is 0 Å². The zero-order chi connectivity index (χ0) is 14.8. The van der Waals surface area contributed by atoms with Crippen LogP contribution in [-0.2, 0) is 6.18 Å². The average molecular weight is 278 g/mol. The van der Waals surface area contributed by atoms with Crippen molar-refractivity contribution in [2.45, 2.75) is 6.18 Å². The fourth-order valence-electron chi connectivity index (χ4n) is 1.73. The Hall–Kier alpha value is -2.55. The van der Waals surface area contributed by atoms with E-state index in [4.69, 9.17) is 10.00 Å². The number of halogens is 3. The largest absolute Gasteiger partial charge is 0.495 e. The molecule has 0 aliphatic rings. The van der Waals surface area contributed by atoms with Gasteiger partial charge in [-0.3, -0.25) is 4.98 Å². The summed E-state index contributed by atoms with van der Waals surface area (Å²) in [6, 6.07) is 6.38. The molecule has 0 atom stereocenters. The highest BCUT2D eigenvalue weighted by atomic mass is 19.4. The zero-order valence-corrected chi connectivity index (χ0v) is 10.4. The first-order valence-electron chi connectivity index (χ1n) is 5.56. The number of benzene rings is 1. The topological polar surface area (TPSA) is 45.9 Å². The first-order chi connectivity index (χ1) is 9.45. The lowest BCUT2D eigenvalue weighted by molar-refractivity contribution is -0.137. The number of nitrogens with zero attached hydrogens (tertiary/aromatic N) is 2. The molecular weight excluding hydrogens is 269 g/mol. The Kier molecular flexibility index (Phi) is 3.61. The summed E-state index contributed by atoms with van der Waals surface area (Å²) in [5, 5.41) is 9.02. The van der Waals surface area contributed by atoms with Gasteiger partial charge in [0.2, 0.25) is 0 Å². The standard InChI is InChI=1S/C14H9F3N2O/c1-20-12-4-10(7-19-8-12)13-5-11(14(15,16)17)3-2-9(13)6-18/h2-5,7-8H,1H3. The van der Waals surface area contributed by atoms with Crippen LogP contribution in [0.15, 0.2) is 36.7 Å². The number of ether oxygens (including phenoxy) is 1. The van der Waals surface area contributed by atoms with Gasteiger partial charge in [0, 0.05) is 17.3 Å². The predicted molar refractivity (Wildman–Crippen MR) is 65.9 cm³/mol. The van der Waals surface area contributed by atoms with Gasteiger partial charge >= 0.3 is 6.18 Å². The molecule has 0 bridgehead atoms. The van der Waals surface area contributed by atoms with Gasteiger partial charge in [0.25, 0.3) is 0 Å². The van der Waals surface area contributed by atoms with Crippen LogP contribution >= 0.6 is 0 Å². The number of pyridine rings is 1. The lowest BCUT2D eigenvalue weighted by atomic mass is 9.99. The molecule has 102 valence electrons. The van der Waals surface area contributed by atoms with Gasteiger partial charge in [-0.1, -0.05) is 0 Å². The van der Waals surface area contributed by atoms with E-state index in [1.54, 1.807) is 0 Å². The summed E-state index contributed by atoms with van der Waals surface area (Å²) in [6.07, 6.45) is -1.64. The van der Waals surface area contributed by atoms with Gasteiger partial charge in [0.1, 0.15) is 5.75 Å². The van der Waals surface area contributed by atoms with E-state index in [-0.39, 0.29) is 11.1 Å². The van der Waals surface area contributed by atoms with Crippen LogP contribution in [0.4, 0.5) is 13.2 Å². The number of hydrogen-bond donors (Lipinski definition) is 0. The highest BCUT2D eigenvalue weighted by molar-refractivity contribution is 5.71. The number of rotatable bonds is 2. The summed E-state index contributed by atoms with van der Waals surface area (Å²) >= 11 is 0. The summed E-state index contributed by atoms with van der Waals surface area (Å²) in [7, 11) is 1.43. The molecule has 0 saturated carbocycles. The molecule has 0 aliphatic carbocycles. The monoisotopic (exact) mass is 278 g/mol. The lowest BCUT2D eigenvalue weighted by Gasteiger charge is -2.11. The highest BCUT2D eigenvalue weighted by Gasteiger charge is 2.31. The van der Waals surface area contributed by atoms with Crippen LogP contribution in [0.3, 0.4) is 0 Å². The van der Waals surface area contributed by atoms with Crippen LogP contribution in [0.5, 0.6) is 5.75 Å². The van der Waals surface area contributed by atoms with Crippen molar-refractivity contribution in [3.8, 4) is 22.9 Å². The van der Waals surface area contributed by atoms with Crippen molar-refractivity contribution in [1.82, 2.24) is 4.98 Å². The van der Waals surface area contributed by atoms with Gasteiger partial charge in [0.15, 0.2) is 0 Å². The first kappa shape index (κ1) is 13.9.